The molecule has 0 radical (unpaired) electrons. The third-order valence-corrected chi connectivity index (χ3v) is 3.93. The molecular weight excluding hydrogens is 288 g/mol. The van der Waals surface area contributed by atoms with Crippen molar-refractivity contribution in [1.29, 1.82) is 0 Å². The van der Waals surface area contributed by atoms with Gasteiger partial charge in [-0.2, -0.15) is 5.10 Å². The first kappa shape index (κ1) is 13.6. The number of aryl methyl sites for hydroxylation is 1. The van der Waals surface area contributed by atoms with Gasteiger partial charge in [-0.1, -0.05) is 11.2 Å². The van der Waals surface area contributed by atoms with Crippen LogP contribution >= 0.6 is 11.3 Å². The van der Waals surface area contributed by atoms with Crippen molar-refractivity contribution in [2.24, 2.45) is 0 Å². The van der Waals surface area contributed by atoms with Gasteiger partial charge in [0.1, 0.15) is 17.0 Å². The predicted octanol–water partition coefficient (Wildman–Crippen LogP) is 2.34. The fraction of sp³-hybridized carbons (Fsp3) is 0.214. The monoisotopic (exact) mass is 302 g/mol. The molecule has 3 heterocycles. The van der Waals surface area contributed by atoms with E-state index in [4.69, 9.17) is 4.52 Å². The summed E-state index contributed by atoms with van der Waals surface area (Å²) in [4.78, 5) is 13.0. The molecule has 0 atom stereocenters. The Morgan fingerprint density at radius 1 is 1.48 bits per heavy atom. The van der Waals surface area contributed by atoms with Crippen LogP contribution in [-0.2, 0) is 6.54 Å². The summed E-state index contributed by atoms with van der Waals surface area (Å²) >= 11 is 1.66. The van der Waals surface area contributed by atoms with E-state index in [9.17, 15) is 4.79 Å². The minimum absolute atomic E-state index is 0.181. The SMILES string of the molecule is Cc1oncc1C(=O)NCCn1ccc(-c2cccs2)n1. The number of rotatable bonds is 5. The maximum absolute atomic E-state index is 11.9. The van der Waals surface area contributed by atoms with E-state index in [0.717, 1.165) is 10.6 Å². The first-order chi connectivity index (χ1) is 10.2. The molecule has 21 heavy (non-hydrogen) atoms. The largest absolute Gasteiger partial charge is 0.361 e. The maximum atomic E-state index is 11.9. The molecule has 0 bridgehead atoms. The molecule has 3 rings (SSSR count). The lowest BCUT2D eigenvalue weighted by Crippen LogP contribution is -2.27. The summed E-state index contributed by atoms with van der Waals surface area (Å²) in [7, 11) is 0. The number of carbonyl (C=O) groups is 1. The van der Waals surface area contributed by atoms with E-state index in [1.165, 1.54) is 6.20 Å². The van der Waals surface area contributed by atoms with Gasteiger partial charge >= 0.3 is 0 Å². The highest BCUT2D eigenvalue weighted by Gasteiger charge is 2.12. The second-order valence-corrected chi connectivity index (χ2v) is 5.44. The smallest absolute Gasteiger partial charge is 0.256 e. The second-order valence-electron chi connectivity index (χ2n) is 4.49. The van der Waals surface area contributed by atoms with E-state index in [-0.39, 0.29) is 5.91 Å². The van der Waals surface area contributed by atoms with Gasteiger partial charge in [0.2, 0.25) is 0 Å². The van der Waals surface area contributed by atoms with E-state index in [1.807, 2.05) is 34.5 Å². The third-order valence-electron chi connectivity index (χ3n) is 3.04. The van der Waals surface area contributed by atoms with Crippen molar-refractivity contribution in [3.8, 4) is 10.6 Å². The summed E-state index contributed by atoms with van der Waals surface area (Å²) in [5, 5.41) is 12.9. The molecule has 0 saturated carbocycles. The Kier molecular flexibility index (Phi) is 3.83. The number of thiophene rings is 1. The molecule has 0 spiro atoms. The minimum atomic E-state index is -0.181. The van der Waals surface area contributed by atoms with Crippen molar-refractivity contribution < 1.29 is 9.32 Å². The Bertz CT molecular complexity index is 730. The van der Waals surface area contributed by atoms with Crippen LogP contribution < -0.4 is 5.32 Å². The van der Waals surface area contributed by atoms with Crippen molar-refractivity contribution in [3.05, 3.63) is 47.3 Å². The number of hydrogen-bond acceptors (Lipinski definition) is 5. The van der Waals surface area contributed by atoms with Crippen LogP contribution in [0.4, 0.5) is 0 Å². The van der Waals surface area contributed by atoms with E-state index in [2.05, 4.69) is 15.6 Å². The van der Waals surface area contributed by atoms with E-state index in [1.54, 1.807) is 18.3 Å². The molecule has 0 aliphatic rings. The van der Waals surface area contributed by atoms with E-state index < -0.39 is 0 Å². The zero-order valence-electron chi connectivity index (χ0n) is 11.4. The molecule has 7 heteroatoms. The minimum Gasteiger partial charge on any atom is -0.361 e. The first-order valence-corrected chi connectivity index (χ1v) is 7.39. The maximum Gasteiger partial charge on any atom is 0.256 e. The molecule has 1 amide bonds. The Morgan fingerprint density at radius 3 is 3.10 bits per heavy atom. The summed E-state index contributed by atoms with van der Waals surface area (Å²) in [6.07, 6.45) is 3.33. The quantitative estimate of drug-likeness (QED) is 0.785. The Balaban J connectivity index is 1.54. The lowest BCUT2D eigenvalue weighted by Gasteiger charge is -2.04. The Morgan fingerprint density at radius 2 is 2.38 bits per heavy atom. The normalized spacial score (nSPS) is 10.7. The van der Waals surface area contributed by atoms with Crippen LogP contribution in [0.25, 0.3) is 10.6 Å². The van der Waals surface area contributed by atoms with E-state index in [0.29, 0.717) is 24.4 Å². The van der Waals surface area contributed by atoms with Crippen molar-refractivity contribution in [1.82, 2.24) is 20.3 Å². The highest BCUT2D eigenvalue weighted by Crippen LogP contribution is 2.22. The molecule has 3 aromatic rings. The highest BCUT2D eigenvalue weighted by atomic mass is 32.1. The summed E-state index contributed by atoms with van der Waals surface area (Å²) < 4.78 is 6.68. The van der Waals surface area contributed by atoms with Crippen LogP contribution in [0.3, 0.4) is 0 Å². The van der Waals surface area contributed by atoms with Gasteiger partial charge in [0.15, 0.2) is 0 Å². The zero-order chi connectivity index (χ0) is 14.7. The van der Waals surface area contributed by atoms with Crippen LogP contribution in [0.2, 0.25) is 0 Å². The molecule has 3 aromatic heterocycles. The Labute approximate surface area is 125 Å². The molecule has 108 valence electrons. The zero-order valence-corrected chi connectivity index (χ0v) is 12.3. The summed E-state index contributed by atoms with van der Waals surface area (Å²) in [5.74, 6) is 0.339. The van der Waals surface area contributed by atoms with Crippen molar-refractivity contribution in [3.63, 3.8) is 0 Å². The first-order valence-electron chi connectivity index (χ1n) is 6.51. The van der Waals surface area contributed by atoms with Crippen LogP contribution in [-0.4, -0.2) is 27.4 Å². The summed E-state index contributed by atoms with van der Waals surface area (Å²) in [5.41, 5.74) is 1.42. The number of hydrogen-bond donors (Lipinski definition) is 1. The molecule has 0 fully saturated rings. The third kappa shape index (κ3) is 3.03. The number of amides is 1. The van der Waals surface area contributed by atoms with Crippen molar-refractivity contribution in [2.75, 3.05) is 6.54 Å². The average molecular weight is 302 g/mol. The van der Waals surface area contributed by atoms with Gasteiger partial charge in [-0.3, -0.25) is 9.48 Å². The highest BCUT2D eigenvalue weighted by molar-refractivity contribution is 7.13. The lowest BCUT2D eigenvalue weighted by molar-refractivity contribution is 0.0950. The number of carbonyl (C=O) groups excluding carboxylic acids is 1. The van der Waals surface area contributed by atoms with Gasteiger partial charge < -0.3 is 9.84 Å². The van der Waals surface area contributed by atoms with Crippen LogP contribution in [0.5, 0.6) is 0 Å². The van der Waals surface area contributed by atoms with E-state index >= 15 is 0 Å². The van der Waals surface area contributed by atoms with Gasteiger partial charge in [0, 0.05) is 12.7 Å². The average Bonchev–Trinajstić information content (AvgIpc) is 3.19. The van der Waals surface area contributed by atoms with Gasteiger partial charge in [0.25, 0.3) is 5.91 Å². The molecule has 0 saturated heterocycles. The van der Waals surface area contributed by atoms with Crippen LogP contribution in [0.15, 0.2) is 40.5 Å². The van der Waals surface area contributed by atoms with Crippen LogP contribution in [0.1, 0.15) is 16.1 Å². The molecule has 0 aliphatic carbocycles. The van der Waals surface area contributed by atoms with Crippen molar-refractivity contribution in [2.45, 2.75) is 13.5 Å². The summed E-state index contributed by atoms with van der Waals surface area (Å²) in [6.45, 7) is 2.82. The molecule has 6 nitrogen and oxygen atoms in total. The van der Waals surface area contributed by atoms with Gasteiger partial charge in [-0.25, -0.2) is 0 Å². The molecule has 0 aromatic carbocycles. The number of nitrogens with zero attached hydrogens (tertiary/aromatic N) is 3. The van der Waals surface area contributed by atoms with Gasteiger partial charge in [-0.15, -0.1) is 11.3 Å². The fourth-order valence-corrected chi connectivity index (χ4v) is 2.63. The summed E-state index contributed by atoms with van der Waals surface area (Å²) in [6, 6.07) is 6.01. The second kappa shape index (κ2) is 5.92. The Hall–Kier alpha value is -2.41. The molecular formula is C14H14N4O2S. The molecule has 1 N–H and O–H groups in total. The standard InChI is InChI=1S/C14H14N4O2S/c1-10-11(9-16-20-10)14(19)15-5-7-18-6-4-12(17-18)13-3-2-8-21-13/h2-4,6,8-9H,5,7H2,1H3,(H,15,19). The molecule has 0 unspecified atom stereocenters. The van der Waals surface area contributed by atoms with Gasteiger partial charge in [-0.05, 0) is 24.4 Å². The van der Waals surface area contributed by atoms with Gasteiger partial charge in [0.05, 0.1) is 17.6 Å². The number of aromatic nitrogens is 3. The predicted molar refractivity (Wildman–Crippen MR) is 79.1 cm³/mol. The van der Waals surface area contributed by atoms with Crippen molar-refractivity contribution >= 4 is 17.2 Å². The fourth-order valence-electron chi connectivity index (χ4n) is 1.94. The van der Waals surface area contributed by atoms with Crippen LogP contribution in [0, 0.1) is 6.92 Å². The topological polar surface area (TPSA) is 73.0 Å². The number of nitrogens with one attached hydrogen (secondary N) is 1. The lowest BCUT2D eigenvalue weighted by atomic mass is 10.2. The molecule has 0 aliphatic heterocycles.